The molecule has 1 aliphatic heterocycles. The quantitative estimate of drug-likeness (QED) is 0.613. The van der Waals surface area contributed by atoms with Crippen molar-refractivity contribution in [1.82, 2.24) is 0 Å². The summed E-state index contributed by atoms with van der Waals surface area (Å²) in [7, 11) is 0. The number of benzene rings is 3. The lowest BCUT2D eigenvalue weighted by molar-refractivity contribution is -0.125. The summed E-state index contributed by atoms with van der Waals surface area (Å²) in [4.78, 5) is 27.2. The lowest BCUT2D eigenvalue weighted by atomic mass is 10.1. The van der Waals surface area contributed by atoms with E-state index >= 15 is 0 Å². The molecule has 1 N–H and O–H groups in total. The van der Waals surface area contributed by atoms with Crippen molar-refractivity contribution in [2.75, 3.05) is 23.4 Å². The largest absolute Gasteiger partial charge is 0.492 e. The number of nitrogens with zero attached hydrogens (tertiary/aromatic N) is 1. The third-order valence-corrected chi connectivity index (χ3v) is 5.42. The van der Waals surface area contributed by atoms with Gasteiger partial charge in [-0.3, -0.25) is 9.59 Å². The van der Waals surface area contributed by atoms with Crippen LogP contribution in [0.5, 0.6) is 11.5 Å². The summed E-state index contributed by atoms with van der Waals surface area (Å²) in [6.07, 6.45) is -0.589. The lowest BCUT2D eigenvalue weighted by Crippen LogP contribution is -2.46. The second-order valence-electron chi connectivity index (χ2n) is 7.86. The highest BCUT2D eigenvalue weighted by atomic mass is 16.5. The number of hydrogen-bond donors (Lipinski definition) is 1. The van der Waals surface area contributed by atoms with E-state index in [1.54, 1.807) is 36.1 Å². The zero-order chi connectivity index (χ0) is 22.7. The number of carbonyl (C=O) groups excluding carboxylic acids is 2. The van der Waals surface area contributed by atoms with E-state index < -0.39 is 6.10 Å². The molecular formula is C26H26N2O4. The summed E-state index contributed by atoms with van der Waals surface area (Å²) >= 11 is 0. The average molecular weight is 431 g/mol. The summed E-state index contributed by atoms with van der Waals surface area (Å²) in [5, 5.41) is 2.92. The van der Waals surface area contributed by atoms with Gasteiger partial charge in [0.1, 0.15) is 18.1 Å². The van der Waals surface area contributed by atoms with Crippen LogP contribution in [0.2, 0.25) is 0 Å². The molecule has 164 valence electrons. The Labute approximate surface area is 187 Å². The normalized spacial score (nSPS) is 15.0. The molecule has 6 heteroatoms. The van der Waals surface area contributed by atoms with Crippen LogP contribution in [0.3, 0.4) is 0 Å². The molecule has 4 rings (SSSR count). The third-order valence-electron chi connectivity index (χ3n) is 5.42. The highest BCUT2D eigenvalue weighted by Gasteiger charge is 2.31. The zero-order valence-corrected chi connectivity index (χ0v) is 18.4. The van der Waals surface area contributed by atoms with E-state index in [1.807, 2.05) is 56.3 Å². The van der Waals surface area contributed by atoms with Gasteiger partial charge in [0.05, 0.1) is 12.2 Å². The molecule has 32 heavy (non-hydrogen) atoms. The number of rotatable bonds is 6. The predicted octanol–water partition coefficient (Wildman–Crippen LogP) is 4.75. The number of aryl methyl sites for hydroxylation is 2. The SMILES string of the molecule is Cc1ccc(OCCN2C(=O)C(C)Oc3ccc(NC(=O)c4ccccc4C)cc32)cc1. The minimum Gasteiger partial charge on any atom is -0.492 e. The first-order chi connectivity index (χ1) is 15.4. The maximum absolute atomic E-state index is 12.8. The van der Waals surface area contributed by atoms with E-state index in [0.29, 0.717) is 35.8 Å². The molecule has 0 spiro atoms. The van der Waals surface area contributed by atoms with E-state index in [1.165, 1.54) is 0 Å². The molecule has 1 aliphatic rings. The third kappa shape index (κ3) is 4.59. The van der Waals surface area contributed by atoms with Gasteiger partial charge in [-0.2, -0.15) is 0 Å². The number of anilines is 2. The molecule has 0 radical (unpaired) electrons. The maximum Gasteiger partial charge on any atom is 0.267 e. The van der Waals surface area contributed by atoms with Gasteiger partial charge in [-0.05, 0) is 62.7 Å². The summed E-state index contributed by atoms with van der Waals surface area (Å²) < 4.78 is 11.6. The monoisotopic (exact) mass is 430 g/mol. The Balaban J connectivity index is 1.51. The van der Waals surface area contributed by atoms with E-state index in [0.717, 1.165) is 16.9 Å². The Bertz CT molecular complexity index is 1140. The van der Waals surface area contributed by atoms with Crippen molar-refractivity contribution in [3.63, 3.8) is 0 Å². The highest BCUT2D eigenvalue weighted by molar-refractivity contribution is 6.06. The smallest absolute Gasteiger partial charge is 0.267 e. The Morgan fingerprint density at radius 3 is 2.56 bits per heavy atom. The van der Waals surface area contributed by atoms with E-state index in [9.17, 15) is 9.59 Å². The fourth-order valence-electron chi connectivity index (χ4n) is 3.63. The first-order valence-corrected chi connectivity index (χ1v) is 10.6. The van der Waals surface area contributed by atoms with Gasteiger partial charge in [-0.25, -0.2) is 0 Å². The van der Waals surface area contributed by atoms with Crippen molar-refractivity contribution in [2.24, 2.45) is 0 Å². The van der Waals surface area contributed by atoms with E-state index in [4.69, 9.17) is 9.47 Å². The number of ether oxygens (including phenoxy) is 2. The Morgan fingerprint density at radius 1 is 1.06 bits per heavy atom. The fraction of sp³-hybridized carbons (Fsp3) is 0.231. The van der Waals surface area contributed by atoms with Crippen molar-refractivity contribution >= 4 is 23.2 Å². The van der Waals surface area contributed by atoms with Gasteiger partial charge in [0.25, 0.3) is 11.8 Å². The van der Waals surface area contributed by atoms with Gasteiger partial charge in [-0.1, -0.05) is 35.9 Å². The average Bonchev–Trinajstić information content (AvgIpc) is 2.78. The number of fused-ring (bicyclic) bond motifs is 1. The molecule has 0 aliphatic carbocycles. The molecule has 2 amide bonds. The summed E-state index contributed by atoms with van der Waals surface area (Å²) in [6.45, 7) is 6.34. The maximum atomic E-state index is 12.8. The van der Waals surface area contributed by atoms with Gasteiger partial charge in [0.15, 0.2) is 6.10 Å². The molecule has 3 aromatic rings. The topological polar surface area (TPSA) is 67.9 Å². The van der Waals surface area contributed by atoms with Crippen molar-refractivity contribution in [1.29, 1.82) is 0 Å². The second-order valence-corrected chi connectivity index (χ2v) is 7.86. The van der Waals surface area contributed by atoms with E-state index in [-0.39, 0.29) is 11.8 Å². The molecule has 6 nitrogen and oxygen atoms in total. The van der Waals surface area contributed by atoms with Crippen molar-refractivity contribution in [3.8, 4) is 11.5 Å². The van der Waals surface area contributed by atoms with Gasteiger partial charge in [0.2, 0.25) is 0 Å². The molecule has 1 atom stereocenters. The molecule has 0 aromatic heterocycles. The Kier molecular flexibility index (Phi) is 6.12. The molecule has 0 fully saturated rings. The Hall–Kier alpha value is -3.80. The minimum atomic E-state index is -0.589. The predicted molar refractivity (Wildman–Crippen MR) is 125 cm³/mol. The molecule has 3 aromatic carbocycles. The van der Waals surface area contributed by atoms with Crippen LogP contribution in [0.25, 0.3) is 0 Å². The van der Waals surface area contributed by atoms with E-state index in [2.05, 4.69) is 5.32 Å². The number of nitrogens with one attached hydrogen (secondary N) is 1. The highest BCUT2D eigenvalue weighted by Crippen LogP contribution is 2.36. The molecule has 1 heterocycles. The van der Waals surface area contributed by atoms with Crippen LogP contribution in [0.15, 0.2) is 66.7 Å². The molecule has 0 bridgehead atoms. The van der Waals surface area contributed by atoms with Crippen LogP contribution in [0.4, 0.5) is 11.4 Å². The van der Waals surface area contributed by atoms with Crippen LogP contribution >= 0.6 is 0 Å². The molecule has 0 saturated carbocycles. The fourth-order valence-corrected chi connectivity index (χ4v) is 3.63. The number of carbonyl (C=O) groups is 2. The van der Waals surface area contributed by atoms with Crippen LogP contribution < -0.4 is 19.7 Å². The van der Waals surface area contributed by atoms with Crippen molar-refractivity contribution in [3.05, 3.63) is 83.4 Å². The van der Waals surface area contributed by atoms with Crippen LogP contribution in [-0.2, 0) is 4.79 Å². The minimum absolute atomic E-state index is 0.146. The second kappa shape index (κ2) is 9.14. The van der Waals surface area contributed by atoms with Gasteiger partial charge >= 0.3 is 0 Å². The van der Waals surface area contributed by atoms with Crippen molar-refractivity contribution in [2.45, 2.75) is 26.9 Å². The Morgan fingerprint density at radius 2 is 1.81 bits per heavy atom. The molecular weight excluding hydrogens is 404 g/mol. The first-order valence-electron chi connectivity index (χ1n) is 10.6. The summed E-state index contributed by atoms with van der Waals surface area (Å²) in [5.74, 6) is 1.01. The summed E-state index contributed by atoms with van der Waals surface area (Å²) in [6, 6.07) is 20.5. The first kappa shape index (κ1) is 21.4. The lowest BCUT2D eigenvalue weighted by Gasteiger charge is -2.33. The van der Waals surface area contributed by atoms with Crippen LogP contribution in [0.1, 0.15) is 28.4 Å². The summed E-state index contributed by atoms with van der Waals surface area (Å²) in [5.41, 5.74) is 3.86. The van der Waals surface area contributed by atoms with Gasteiger partial charge in [-0.15, -0.1) is 0 Å². The zero-order valence-electron chi connectivity index (χ0n) is 18.4. The molecule has 1 unspecified atom stereocenters. The number of hydrogen-bond acceptors (Lipinski definition) is 4. The van der Waals surface area contributed by atoms with Crippen LogP contribution in [-0.4, -0.2) is 31.1 Å². The van der Waals surface area contributed by atoms with Gasteiger partial charge in [0, 0.05) is 11.3 Å². The number of amides is 2. The molecule has 0 saturated heterocycles. The van der Waals surface area contributed by atoms with Crippen molar-refractivity contribution < 1.29 is 19.1 Å². The van der Waals surface area contributed by atoms with Gasteiger partial charge < -0.3 is 19.7 Å². The standard InChI is InChI=1S/C26H26N2O4/c1-17-8-11-21(12-9-17)31-15-14-28-23-16-20(10-13-24(23)32-19(3)26(28)30)27-25(29)22-7-5-4-6-18(22)2/h4-13,16,19H,14-15H2,1-3H3,(H,27,29). The van der Waals surface area contributed by atoms with Crippen LogP contribution in [0, 0.1) is 13.8 Å².